The molecule has 1 aromatic carbocycles. The van der Waals surface area contributed by atoms with E-state index in [2.05, 4.69) is 19.9 Å². The molecule has 0 saturated carbocycles. The van der Waals surface area contributed by atoms with Gasteiger partial charge in [0.15, 0.2) is 5.65 Å². The first-order valence-electron chi connectivity index (χ1n) is 10.4. The van der Waals surface area contributed by atoms with Crippen molar-refractivity contribution >= 4 is 11.2 Å². The van der Waals surface area contributed by atoms with Crippen LogP contribution in [-0.2, 0) is 16.3 Å². The van der Waals surface area contributed by atoms with E-state index in [0.717, 1.165) is 40.2 Å². The van der Waals surface area contributed by atoms with Gasteiger partial charge in [-0.25, -0.2) is 15.0 Å². The van der Waals surface area contributed by atoms with Crippen molar-refractivity contribution in [3.05, 3.63) is 70.8 Å². The summed E-state index contributed by atoms with van der Waals surface area (Å²) >= 11 is 0. The smallest absolute Gasteiger partial charge is 0.417 e. The zero-order valence-corrected chi connectivity index (χ0v) is 18.2. The fourth-order valence-corrected chi connectivity index (χ4v) is 4.32. The summed E-state index contributed by atoms with van der Waals surface area (Å²) in [6.07, 6.45) is -3.66. The minimum Gasteiger partial charge on any atom is -0.481 e. The van der Waals surface area contributed by atoms with E-state index in [4.69, 9.17) is 9.47 Å². The van der Waals surface area contributed by atoms with Crippen molar-refractivity contribution in [2.24, 2.45) is 0 Å². The van der Waals surface area contributed by atoms with E-state index < -0.39 is 17.2 Å². The van der Waals surface area contributed by atoms with Crippen LogP contribution in [0.25, 0.3) is 22.3 Å². The molecule has 33 heavy (non-hydrogen) atoms. The SMILES string of the molecule is COc1cc(C)c(-c2ccc(C3(c4nc5ncc(C(F)(F)F)cc5[nH]4)COC3)cc2)c(C)n1. The molecule has 0 bridgehead atoms. The van der Waals surface area contributed by atoms with E-state index in [-0.39, 0.29) is 11.2 Å². The molecule has 1 fully saturated rings. The van der Waals surface area contributed by atoms with Gasteiger partial charge >= 0.3 is 6.18 Å². The van der Waals surface area contributed by atoms with E-state index in [1.165, 1.54) is 0 Å². The van der Waals surface area contributed by atoms with Crippen molar-refractivity contribution < 1.29 is 22.6 Å². The summed E-state index contributed by atoms with van der Waals surface area (Å²) in [5, 5.41) is 0. The van der Waals surface area contributed by atoms with Crippen LogP contribution in [0.3, 0.4) is 0 Å². The molecule has 4 aromatic rings. The fourth-order valence-electron chi connectivity index (χ4n) is 4.32. The number of aryl methyl sites for hydroxylation is 2. The Kier molecular flexibility index (Phi) is 4.89. The summed E-state index contributed by atoms with van der Waals surface area (Å²) in [5.74, 6) is 1.12. The molecule has 0 aliphatic carbocycles. The Morgan fingerprint density at radius 3 is 2.36 bits per heavy atom. The minimum absolute atomic E-state index is 0.247. The fraction of sp³-hybridized carbons (Fsp3) is 0.292. The number of hydrogen-bond donors (Lipinski definition) is 1. The number of nitrogens with one attached hydrogen (secondary N) is 1. The van der Waals surface area contributed by atoms with Crippen molar-refractivity contribution in [3.63, 3.8) is 0 Å². The zero-order chi connectivity index (χ0) is 23.4. The lowest BCUT2D eigenvalue weighted by Crippen LogP contribution is -2.48. The molecule has 4 heterocycles. The van der Waals surface area contributed by atoms with Gasteiger partial charge in [-0.3, -0.25) is 0 Å². The summed E-state index contributed by atoms with van der Waals surface area (Å²) in [5.41, 5.74) is 4.04. The Balaban J connectivity index is 1.52. The number of benzene rings is 1. The van der Waals surface area contributed by atoms with Gasteiger partial charge in [0.25, 0.3) is 0 Å². The van der Waals surface area contributed by atoms with Gasteiger partial charge < -0.3 is 14.5 Å². The van der Waals surface area contributed by atoms with E-state index in [1.807, 2.05) is 44.2 Å². The molecule has 0 radical (unpaired) electrons. The van der Waals surface area contributed by atoms with Crippen LogP contribution in [0.4, 0.5) is 13.2 Å². The number of imidazole rings is 1. The number of aromatic amines is 1. The van der Waals surface area contributed by atoms with E-state index in [0.29, 0.717) is 24.9 Å². The lowest BCUT2D eigenvalue weighted by molar-refractivity contribution is -0.137. The normalized spacial score (nSPS) is 15.5. The molecular weight excluding hydrogens is 433 g/mol. The van der Waals surface area contributed by atoms with Crippen molar-refractivity contribution in [2.45, 2.75) is 25.4 Å². The molecule has 1 N–H and O–H groups in total. The maximum atomic E-state index is 13.1. The van der Waals surface area contributed by atoms with Crippen molar-refractivity contribution in [2.75, 3.05) is 20.3 Å². The van der Waals surface area contributed by atoms with Crippen molar-refractivity contribution in [3.8, 4) is 17.0 Å². The first-order valence-corrected chi connectivity index (χ1v) is 10.4. The van der Waals surface area contributed by atoms with Crippen LogP contribution in [0.15, 0.2) is 42.6 Å². The van der Waals surface area contributed by atoms with Crippen LogP contribution >= 0.6 is 0 Å². The highest BCUT2D eigenvalue weighted by Gasteiger charge is 2.45. The number of fused-ring (bicyclic) bond motifs is 1. The van der Waals surface area contributed by atoms with Gasteiger partial charge in [-0.2, -0.15) is 13.2 Å². The number of aromatic nitrogens is 4. The predicted molar refractivity (Wildman–Crippen MR) is 116 cm³/mol. The van der Waals surface area contributed by atoms with Crippen LogP contribution in [0.2, 0.25) is 0 Å². The van der Waals surface area contributed by atoms with E-state index in [9.17, 15) is 13.2 Å². The number of rotatable bonds is 4. The maximum Gasteiger partial charge on any atom is 0.417 e. The average molecular weight is 454 g/mol. The van der Waals surface area contributed by atoms with Gasteiger partial charge in [0.2, 0.25) is 5.88 Å². The van der Waals surface area contributed by atoms with Crippen LogP contribution in [-0.4, -0.2) is 40.3 Å². The number of halogens is 3. The number of methoxy groups -OCH3 is 1. The summed E-state index contributed by atoms with van der Waals surface area (Å²) in [7, 11) is 1.59. The Bertz CT molecular complexity index is 1320. The van der Waals surface area contributed by atoms with E-state index in [1.54, 1.807) is 7.11 Å². The average Bonchev–Trinajstić information content (AvgIpc) is 3.16. The molecule has 5 rings (SSSR count). The van der Waals surface area contributed by atoms with Crippen LogP contribution in [0.1, 0.15) is 28.2 Å². The molecule has 1 aliphatic rings. The first-order chi connectivity index (χ1) is 15.7. The molecule has 0 amide bonds. The summed E-state index contributed by atoms with van der Waals surface area (Å²) < 4.78 is 50.0. The minimum atomic E-state index is -4.47. The Morgan fingerprint density at radius 2 is 1.79 bits per heavy atom. The topological polar surface area (TPSA) is 72.9 Å². The molecule has 3 aromatic heterocycles. The Hall–Kier alpha value is -3.46. The van der Waals surface area contributed by atoms with Gasteiger partial charge in [0, 0.05) is 23.5 Å². The summed E-state index contributed by atoms with van der Waals surface area (Å²) in [4.78, 5) is 15.9. The number of nitrogens with zero attached hydrogens (tertiary/aromatic N) is 3. The van der Waals surface area contributed by atoms with E-state index >= 15 is 0 Å². The van der Waals surface area contributed by atoms with Gasteiger partial charge in [0.1, 0.15) is 5.82 Å². The van der Waals surface area contributed by atoms with Gasteiger partial charge in [-0.1, -0.05) is 24.3 Å². The molecule has 170 valence electrons. The molecule has 1 aliphatic heterocycles. The van der Waals surface area contributed by atoms with Gasteiger partial charge in [0.05, 0.1) is 36.8 Å². The number of H-pyrrole nitrogens is 1. The number of alkyl halides is 3. The summed E-state index contributed by atoms with van der Waals surface area (Å²) in [6.45, 7) is 4.70. The molecule has 9 heteroatoms. The van der Waals surface area contributed by atoms with Gasteiger partial charge in [-0.15, -0.1) is 0 Å². The second-order valence-corrected chi connectivity index (χ2v) is 8.27. The second kappa shape index (κ2) is 7.55. The van der Waals surface area contributed by atoms with Crippen molar-refractivity contribution in [1.29, 1.82) is 0 Å². The largest absolute Gasteiger partial charge is 0.481 e. The highest BCUT2D eigenvalue weighted by atomic mass is 19.4. The van der Waals surface area contributed by atoms with Crippen molar-refractivity contribution in [1.82, 2.24) is 19.9 Å². The zero-order valence-electron chi connectivity index (χ0n) is 18.2. The number of ether oxygens (including phenoxy) is 2. The van der Waals surface area contributed by atoms with Crippen LogP contribution in [0, 0.1) is 13.8 Å². The molecule has 6 nitrogen and oxygen atoms in total. The molecular formula is C24H21F3N4O2. The highest BCUT2D eigenvalue weighted by Crippen LogP contribution is 2.40. The third-order valence-corrected chi connectivity index (χ3v) is 6.12. The third kappa shape index (κ3) is 3.52. The highest BCUT2D eigenvalue weighted by molar-refractivity contribution is 5.73. The first kappa shape index (κ1) is 21.4. The third-order valence-electron chi connectivity index (χ3n) is 6.12. The van der Waals surface area contributed by atoms with Crippen LogP contribution < -0.4 is 4.74 Å². The molecule has 1 saturated heterocycles. The molecule has 0 spiro atoms. The second-order valence-electron chi connectivity index (χ2n) is 8.27. The number of pyridine rings is 2. The molecule has 0 unspecified atom stereocenters. The molecule has 0 atom stereocenters. The maximum absolute atomic E-state index is 13.1. The summed E-state index contributed by atoms with van der Waals surface area (Å²) in [6, 6.07) is 11.0. The standard InChI is InChI=1S/C24H21F3N4O2/c1-13-8-19(32-3)29-14(2)20(13)15-4-6-16(7-5-15)23(11-33-12-23)22-30-18-9-17(24(25,26)27)10-28-21(18)31-22/h4-10H,11-12H2,1-3H3,(H,28,30,31). The van der Waals surface area contributed by atoms with Gasteiger partial charge in [-0.05, 0) is 36.6 Å². The quantitative estimate of drug-likeness (QED) is 0.471. The lowest BCUT2D eigenvalue weighted by atomic mass is 9.77. The Morgan fingerprint density at radius 1 is 1.06 bits per heavy atom. The lowest BCUT2D eigenvalue weighted by Gasteiger charge is -2.40. The monoisotopic (exact) mass is 454 g/mol. The Labute approximate surface area is 187 Å². The number of hydrogen-bond acceptors (Lipinski definition) is 5. The van der Waals surface area contributed by atoms with Crippen LogP contribution in [0.5, 0.6) is 5.88 Å². The predicted octanol–water partition coefficient (Wildman–Crippen LogP) is 4.98.